The van der Waals surface area contributed by atoms with Crippen LogP contribution in [-0.2, 0) is 23.7 Å². The minimum absolute atomic E-state index is 0.770. The molecular weight excluding hydrogens is 472 g/mol. The predicted molar refractivity (Wildman–Crippen MR) is 101 cm³/mol. The van der Waals surface area contributed by atoms with Gasteiger partial charge in [0.1, 0.15) is 73.2 Å². The second kappa shape index (κ2) is 11.6. The first-order chi connectivity index (χ1) is 16.0. The van der Waals surface area contributed by atoms with E-state index in [9.17, 15) is 56.2 Å². The third-order valence-corrected chi connectivity index (χ3v) is 6.09. The molecule has 11 N–H and O–H groups in total. The van der Waals surface area contributed by atoms with Crippen molar-refractivity contribution in [3.8, 4) is 0 Å². The van der Waals surface area contributed by atoms with Crippen LogP contribution >= 0.6 is 0 Å². The fourth-order valence-electron chi connectivity index (χ4n) is 4.04. The van der Waals surface area contributed by atoms with Gasteiger partial charge in [0.2, 0.25) is 0 Å². The summed E-state index contributed by atoms with van der Waals surface area (Å²) in [5.41, 5.74) is 0. The second-order valence-electron chi connectivity index (χ2n) is 8.33. The first-order valence-corrected chi connectivity index (χ1v) is 10.6. The zero-order chi connectivity index (χ0) is 25.3. The van der Waals surface area contributed by atoms with E-state index < -0.39 is 112 Å². The van der Waals surface area contributed by atoms with Gasteiger partial charge in [0.25, 0.3) is 0 Å². The zero-order valence-corrected chi connectivity index (χ0v) is 17.7. The lowest BCUT2D eigenvalue weighted by molar-refractivity contribution is -0.387. The van der Waals surface area contributed by atoms with Gasteiger partial charge in [-0.15, -0.1) is 0 Å². The lowest BCUT2D eigenvalue weighted by atomic mass is 9.96. The van der Waals surface area contributed by atoms with Crippen molar-refractivity contribution in [1.29, 1.82) is 0 Å². The molecule has 0 aromatic rings. The zero-order valence-electron chi connectivity index (χ0n) is 17.7. The molecule has 3 rings (SSSR count). The topological polar surface area (TPSA) is 269 Å². The fraction of sp³-hybridized carbons (Fsp3) is 1.00. The van der Waals surface area contributed by atoms with E-state index in [1.54, 1.807) is 0 Å². The SMILES string of the molecule is OC[C@H]1O[C@H](O[C@H]2[C@H](O[C@H]3[C@H](O)[C@@H](O)[C@H](O)O[C@@H]3CO)O[C@H](CO)[C@H](O)[C@@H]2O)[C@H](O)[C@@H](O)[C@H]1O. The van der Waals surface area contributed by atoms with Crippen LogP contribution in [-0.4, -0.2) is 168 Å². The van der Waals surface area contributed by atoms with Crippen LogP contribution in [0.1, 0.15) is 0 Å². The second-order valence-corrected chi connectivity index (χ2v) is 8.33. The number of ether oxygens (including phenoxy) is 5. The predicted octanol–water partition coefficient (Wildman–Crippen LogP) is -7.57. The maximum atomic E-state index is 10.6. The summed E-state index contributed by atoms with van der Waals surface area (Å²) in [6.45, 7) is -2.35. The van der Waals surface area contributed by atoms with Crippen LogP contribution in [0.15, 0.2) is 0 Å². The molecule has 16 heteroatoms. The number of hydrogen-bond acceptors (Lipinski definition) is 16. The molecular formula is C18H32O16. The number of rotatable bonds is 7. The number of hydrogen-bond donors (Lipinski definition) is 11. The van der Waals surface area contributed by atoms with E-state index in [0.717, 1.165) is 0 Å². The fourth-order valence-corrected chi connectivity index (χ4v) is 4.04. The van der Waals surface area contributed by atoms with Crippen LogP contribution < -0.4 is 0 Å². The summed E-state index contributed by atoms with van der Waals surface area (Å²) in [7, 11) is 0. The molecule has 3 saturated heterocycles. The molecule has 0 radical (unpaired) electrons. The highest BCUT2D eigenvalue weighted by molar-refractivity contribution is 4.96. The summed E-state index contributed by atoms with van der Waals surface area (Å²) in [6.07, 6.45) is -25.6. The molecule has 0 aromatic carbocycles. The Hall–Kier alpha value is -0.640. The van der Waals surface area contributed by atoms with Crippen molar-refractivity contribution in [3.63, 3.8) is 0 Å². The largest absolute Gasteiger partial charge is 0.394 e. The van der Waals surface area contributed by atoms with Gasteiger partial charge in [0.15, 0.2) is 18.9 Å². The summed E-state index contributed by atoms with van der Waals surface area (Å²) >= 11 is 0. The van der Waals surface area contributed by atoms with Gasteiger partial charge >= 0.3 is 0 Å². The van der Waals surface area contributed by atoms with Gasteiger partial charge in [-0.25, -0.2) is 0 Å². The molecule has 0 saturated carbocycles. The quantitative estimate of drug-likeness (QED) is 0.154. The molecule has 15 atom stereocenters. The van der Waals surface area contributed by atoms with Gasteiger partial charge < -0.3 is 79.9 Å². The molecule has 0 amide bonds. The van der Waals surface area contributed by atoms with E-state index >= 15 is 0 Å². The van der Waals surface area contributed by atoms with E-state index in [-0.39, 0.29) is 0 Å². The molecule has 16 nitrogen and oxygen atoms in total. The smallest absolute Gasteiger partial charge is 0.187 e. The monoisotopic (exact) mass is 504 g/mol. The Kier molecular flexibility index (Phi) is 9.54. The Morgan fingerprint density at radius 3 is 1.47 bits per heavy atom. The molecule has 0 bridgehead atoms. The van der Waals surface area contributed by atoms with Gasteiger partial charge in [0.05, 0.1) is 19.8 Å². The molecule has 3 aliphatic heterocycles. The Morgan fingerprint density at radius 2 is 0.912 bits per heavy atom. The first-order valence-electron chi connectivity index (χ1n) is 10.6. The summed E-state index contributed by atoms with van der Waals surface area (Å²) in [4.78, 5) is 0. The third-order valence-electron chi connectivity index (χ3n) is 6.09. The van der Waals surface area contributed by atoms with Gasteiger partial charge in [-0.1, -0.05) is 0 Å². The van der Waals surface area contributed by atoms with Crippen LogP contribution in [0.4, 0.5) is 0 Å². The molecule has 0 aliphatic carbocycles. The van der Waals surface area contributed by atoms with Crippen molar-refractivity contribution >= 4 is 0 Å². The van der Waals surface area contributed by atoms with E-state index in [1.165, 1.54) is 0 Å². The van der Waals surface area contributed by atoms with Gasteiger partial charge in [-0.05, 0) is 0 Å². The Labute approximate surface area is 192 Å². The molecule has 200 valence electrons. The van der Waals surface area contributed by atoms with Crippen molar-refractivity contribution in [2.24, 2.45) is 0 Å². The van der Waals surface area contributed by atoms with Crippen molar-refractivity contribution in [3.05, 3.63) is 0 Å². The molecule has 0 aromatic heterocycles. The molecule has 3 heterocycles. The van der Waals surface area contributed by atoms with Gasteiger partial charge in [0, 0.05) is 0 Å². The van der Waals surface area contributed by atoms with Crippen LogP contribution in [0, 0.1) is 0 Å². The van der Waals surface area contributed by atoms with Crippen molar-refractivity contribution in [2.75, 3.05) is 19.8 Å². The highest BCUT2D eigenvalue weighted by Gasteiger charge is 2.53. The number of aliphatic hydroxyl groups excluding tert-OH is 11. The maximum absolute atomic E-state index is 10.6. The summed E-state index contributed by atoms with van der Waals surface area (Å²) in [5, 5.41) is 109. The molecule has 3 fully saturated rings. The first kappa shape index (κ1) is 27.9. The van der Waals surface area contributed by atoms with Crippen LogP contribution in [0.2, 0.25) is 0 Å². The van der Waals surface area contributed by atoms with Crippen LogP contribution in [0.5, 0.6) is 0 Å². The van der Waals surface area contributed by atoms with E-state index in [4.69, 9.17) is 23.7 Å². The van der Waals surface area contributed by atoms with Crippen molar-refractivity contribution in [1.82, 2.24) is 0 Å². The highest BCUT2D eigenvalue weighted by atomic mass is 16.8. The van der Waals surface area contributed by atoms with Crippen LogP contribution in [0.3, 0.4) is 0 Å². The normalized spacial score (nSPS) is 52.5. The lowest BCUT2D eigenvalue weighted by Gasteiger charge is -2.48. The lowest BCUT2D eigenvalue weighted by Crippen LogP contribution is -2.66. The molecule has 0 spiro atoms. The van der Waals surface area contributed by atoms with E-state index in [0.29, 0.717) is 0 Å². The van der Waals surface area contributed by atoms with Gasteiger partial charge in [-0.2, -0.15) is 0 Å². The third kappa shape index (κ3) is 5.37. The Morgan fingerprint density at radius 1 is 0.441 bits per heavy atom. The van der Waals surface area contributed by atoms with Crippen molar-refractivity contribution in [2.45, 2.75) is 92.1 Å². The maximum Gasteiger partial charge on any atom is 0.187 e. The molecule has 3 aliphatic rings. The average Bonchev–Trinajstić information content (AvgIpc) is 2.83. The minimum Gasteiger partial charge on any atom is -0.394 e. The van der Waals surface area contributed by atoms with E-state index in [1.807, 2.05) is 0 Å². The minimum atomic E-state index is -1.89. The Balaban J connectivity index is 1.84. The average molecular weight is 504 g/mol. The Bertz CT molecular complexity index is 637. The standard InChI is InChI=1S/C18H32O16/c19-1-4-7(22)9(24)13(28)17(31-4)34-15-10(25)8(23)5(2-20)32-18(15)33-14-6(3-21)30-16(29)12(27)11(14)26/h4-29H,1-3H2/t4-,5-,6-,7+,8+,9+,10+,11-,12-,13-,14-,15-,16-,17-,18+/m1/s1. The highest BCUT2D eigenvalue weighted by Crippen LogP contribution is 2.32. The number of aliphatic hydroxyl groups is 11. The molecule has 34 heavy (non-hydrogen) atoms. The van der Waals surface area contributed by atoms with Crippen molar-refractivity contribution < 1.29 is 79.9 Å². The van der Waals surface area contributed by atoms with Crippen LogP contribution in [0.25, 0.3) is 0 Å². The summed E-state index contributed by atoms with van der Waals surface area (Å²) < 4.78 is 26.7. The van der Waals surface area contributed by atoms with Gasteiger partial charge in [-0.3, -0.25) is 0 Å². The molecule has 0 unspecified atom stereocenters. The summed E-state index contributed by atoms with van der Waals surface area (Å²) in [6, 6.07) is 0. The summed E-state index contributed by atoms with van der Waals surface area (Å²) in [5.74, 6) is 0. The van der Waals surface area contributed by atoms with E-state index in [2.05, 4.69) is 0 Å².